The van der Waals surface area contributed by atoms with Crippen molar-refractivity contribution < 1.29 is 14.3 Å². The lowest BCUT2D eigenvalue weighted by Gasteiger charge is -2.12. The van der Waals surface area contributed by atoms with Gasteiger partial charge in [0.05, 0.1) is 12.6 Å². The number of ether oxygens (including phenoxy) is 2. The molecular weight excluding hydrogens is 318 g/mol. The number of carbonyl (C=O) groups excluding carboxylic acids is 1. The second kappa shape index (κ2) is 8.48. The van der Waals surface area contributed by atoms with E-state index in [9.17, 15) is 4.79 Å². The zero-order valence-corrected chi connectivity index (χ0v) is 14.3. The molecule has 0 radical (unpaired) electrons. The van der Waals surface area contributed by atoms with E-state index >= 15 is 0 Å². The van der Waals surface area contributed by atoms with Gasteiger partial charge >= 0.3 is 0 Å². The second-order valence-electron chi connectivity index (χ2n) is 5.85. The summed E-state index contributed by atoms with van der Waals surface area (Å²) in [4.78, 5) is 16.3. The highest BCUT2D eigenvalue weighted by atomic mass is 16.5. The smallest absolute Gasteiger partial charge is 0.237 e. The molecule has 132 valence electrons. The van der Waals surface area contributed by atoms with Crippen LogP contribution in [0.15, 0.2) is 42.6 Å². The van der Waals surface area contributed by atoms with Crippen LogP contribution in [-0.4, -0.2) is 30.1 Å². The van der Waals surface area contributed by atoms with Crippen LogP contribution >= 0.6 is 0 Å². The first kappa shape index (κ1) is 17.2. The molecule has 1 fully saturated rings. The molecule has 1 atom stereocenters. The number of amides is 1. The highest BCUT2D eigenvalue weighted by molar-refractivity contribution is 5.81. The van der Waals surface area contributed by atoms with E-state index in [-0.39, 0.29) is 11.9 Å². The van der Waals surface area contributed by atoms with Crippen molar-refractivity contribution in [3.63, 3.8) is 0 Å². The quantitative estimate of drug-likeness (QED) is 0.810. The molecule has 1 amide bonds. The highest BCUT2D eigenvalue weighted by Gasteiger charge is 2.21. The monoisotopic (exact) mass is 341 g/mol. The summed E-state index contributed by atoms with van der Waals surface area (Å²) >= 11 is 0. The summed E-state index contributed by atoms with van der Waals surface area (Å²) in [6.07, 6.45) is 3.66. The lowest BCUT2D eigenvalue weighted by molar-refractivity contribution is -0.122. The molecule has 2 heterocycles. The minimum absolute atomic E-state index is 0.0449. The predicted molar refractivity (Wildman–Crippen MR) is 94.8 cm³/mol. The third-order valence-electron chi connectivity index (χ3n) is 4.00. The van der Waals surface area contributed by atoms with Gasteiger partial charge in [-0.1, -0.05) is 18.2 Å². The summed E-state index contributed by atoms with van der Waals surface area (Å²) < 4.78 is 11.3. The van der Waals surface area contributed by atoms with Crippen molar-refractivity contribution >= 4 is 5.91 Å². The van der Waals surface area contributed by atoms with Gasteiger partial charge in [0.25, 0.3) is 0 Å². The second-order valence-corrected chi connectivity index (χ2v) is 5.85. The minimum Gasteiger partial charge on any atom is -0.490 e. The van der Waals surface area contributed by atoms with Gasteiger partial charge in [-0.15, -0.1) is 0 Å². The molecule has 1 aliphatic heterocycles. The van der Waals surface area contributed by atoms with Crippen molar-refractivity contribution in [2.75, 3.05) is 13.2 Å². The highest BCUT2D eigenvalue weighted by Crippen LogP contribution is 2.30. The van der Waals surface area contributed by atoms with E-state index in [1.807, 2.05) is 37.3 Å². The third-order valence-corrected chi connectivity index (χ3v) is 4.00. The number of rotatable bonds is 7. The van der Waals surface area contributed by atoms with Crippen LogP contribution in [0.5, 0.6) is 17.4 Å². The number of benzene rings is 1. The van der Waals surface area contributed by atoms with Crippen molar-refractivity contribution in [1.82, 2.24) is 15.6 Å². The molecule has 1 aromatic heterocycles. The molecule has 1 aromatic carbocycles. The molecule has 0 saturated carbocycles. The van der Waals surface area contributed by atoms with Crippen molar-refractivity contribution in [3.8, 4) is 17.4 Å². The first-order valence-corrected chi connectivity index (χ1v) is 8.62. The van der Waals surface area contributed by atoms with Crippen molar-refractivity contribution in [1.29, 1.82) is 0 Å². The van der Waals surface area contributed by atoms with Gasteiger partial charge < -0.3 is 20.1 Å². The van der Waals surface area contributed by atoms with Crippen LogP contribution in [0.25, 0.3) is 0 Å². The first-order chi connectivity index (χ1) is 12.3. The first-order valence-electron chi connectivity index (χ1n) is 8.62. The number of pyridine rings is 1. The van der Waals surface area contributed by atoms with Crippen LogP contribution in [0.1, 0.15) is 25.3 Å². The molecule has 3 rings (SSSR count). The maximum atomic E-state index is 12.0. The number of nitrogens with zero attached hydrogens (tertiary/aromatic N) is 1. The van der Waals surface area contributed by atoms with Gasteiger partial charge in [0.1, 0.15) is 0 Å². The Morgan fingerprint density at radius 1 is 1.28 bits per heavy atom. The Kier molecular flexibility index (Phi) is 5.85. The van der Waals surface area contributed by atoms with Crippen LogP contribution in [0, 0.1) is 0 Å². The van der Waals surface area contributed by atoms with Gasteiger partial charge in [0, 0.05) is 18.8 Å². The Labute approximate surface area is 147 Å². The van der Waals surface area contributed by atoms with Crippen LogP contribution in [0.2, 0.25) is 0 Å². The molecule has 2 N–H and O–H groups in total. The predicted octanol–water partition coefficient (Wildman–Crippen LogP) is 2.64. The standard InChI is InChI=1S/C19H23N3O3/c1-2-24-16-7-3-4-8-17(16)25-18-10-9-14(12-21-18)13-22-19(23)15-6-5-11-20-15/h3-4,7-10,12,15,20H,2,5-6,11,13H2,1H3,(H,22,23). The third kappa shape index (κ3) is 4.70. The van der Waals surface area contributed by atoms with E-state index in [1.54, 1.807) is 12.3 Å². The lowest BCUT2D eigenvalue weighted by Crippen LogP contribution is -2.40. The maximum absolute atomic E-state index is 12.0. The van der Waals surface area contributed by atoms with E-state index in [0.717, 1.165) is 24.9 Å². The summed E-state index contributed by atoms with van der Waals surface area (Å²) in [6.45, 7) is 3.87. The average molecular weight is 341 g/mol. The van der Waals surface area contributed by atoms with E-state index in [1.165, 1.54) is 0 Å². The molecule has 1 aliphatic rings. The number of aromatic nitrogens is 1. The number of para-hydroxylation sites is 2. The summed E-state index contributed by atoms with van der Waals surface area (Å²) in [7, 11) is 0. The zero-order valence-electron chi connectivity index (χ0n) is 14.3. The molecule has 6 nitrogen and oxygen atoms in total. The van der Waals surface area contributed by atoms with Crippen LogP contribution in [0.3, 0.4) is 0 Å². The Morgan fingerprint density at radius 2 is 2.12 bits per heavy atom. The normalized spacial score (nSPS) is 16.4. The summed E-state index contributed by atoms with van der Waals surface area (Å²) in [6, 6.07) is 11.1. The van der Waals surface area contributed by atoms with Gasteiger partial charge in [-0.05, 0) is 44.0 Å². The van der Waals surface area contributed by atoms with E-state index in [4.69, 9.17) is 9.47 Å². The molecule has 25 heavy (non-hydrogen) atoms. The molecular formula is C19H23N3O3. The fourth-order valence-corrected chi connectivity index (χ4v) is 2.72. The van der Waals surface area contributed by atoms with Gasteiger partial charge in [-0.25, -0.2) is 4.98 Å². The Morgan fingerprint density at radius 3 is 2.80 bits per heavy atom. The number of hydrogen-bond donors (Lipinski definition) is 2. The van der Waals surface area contributed by atoms with E-state index in [0.29, 0.717) is 30.5 Å². The Hall–Kier alpha value is -2.60. The zero-order chi connectivity index (χ0) is 17.5. The van der Waals surface area contributed by atoms with Crippen molar-refractivity contribution in [3.05, 3.63) is 48.2 Å². The van der Waals surface area contributed by atoms with Crippen molar-refractivity contribution in [2.45, 2.75) is 32.4 Å². The van der Waals surface area contributed by atoms with Gasteiger partial charge in [0.15, 0.2) is 11.5 Å². The average Bonchev–Trinajstić information content (AvgIpc) is 3.17. The lowest BCUT2D eigenvalue weighted by atomic mass is 10.2. The summed E-state index contributed by atoms with van der Waals surface area (Å²) in [5, 5.41) is 6.12. The number of nitrogens with one attached hydrogen (secondary N) is 2. The summed E-state index contributed by atoms with van der Waals surface area (Å²) in [5.41, 5.74) is 0.928. The van der Waals surface area contributed by atoms with Gasteiger partial charge in [-0.2, -0.15) is 0 Å². The largest absolute Gasteiger partial charge is 0.490 e. The fraction of sp³-hybridized carbons (Fsp3) is 0.368. The SMILES string of the molecule is CCOc1ccccc1Oc1ccc(CNC(=O)C2CCCN2)cn1. The van der Waals surface area contributed by atoms with Crippen LogP contribution in [-0.2, 0) is 11.3 Å². The molecule has 0 bridgehead atoms. The van der Waals surface area contributed by atoms with E-state index < -0.39 is 0 Å². The summed E-state index contributed by atoms with van der Waals surface area (Å²) in [5.74, 6) is 1.85. The molecule has 0 spiro atoms. The maximum Gasteiger partial charge on any atom is 0.237 e. The minimum atomic E-state index is -0.0642. The van der Waals surface area contributed by atoms with Gasteiger partial charge in [0.2, 0.25) is 11.8 Å². The van der Waals surface area contributed by atoms with Crippen LogP contribution in [0.4, 0.5) is 0 Å². The Bertz CT molecular complexity index is 697. The van der Waals surface area contributed by atoms with Gasteiger partial charge in [-0.3, -0.25) is 4.79 Å². The number of hydrogen-bond acceptors (Lipinski definition) is 5. The molecule has 2 aromatic rings. The number of carbonyl (C=O) groups is 1. The van der Waals surface area contributed by atoms with E-state index in [2.05, 4.69) is 15.6 Å². The topological polar surface area (TPSA) is 72.5 Å². The molecule has 1 saturated heterocycles. The molecule has 0 aliphatic carbocycles. The fourth-order valence-electron chi connectivity index (χ4n) is 2.72. The van der Waals surface area contributed by atoms with Crippen LogP contribution < -0.4 is 20.1 Å². The Balaban J connectivity index is 1.56. The molecule has 1 unspecified atom stereocenters. The van der Waals surface area contributed by atoms with Crippen molar-refractivity contribution in [2.24, 2.45) is 0 Å². The molecule has 6 heteroatoms.